The molecule has 4 nitrogen and oxygen atoms in total. The van der Waals surface area contributed by atoms with Gasteiger partial charge in [0.05, 0.1) is 5.88 Å². The molecule has 0 radical (unpaired) electrons. The Hall–Kier alpha value is -0.710. The molecule has 1 fully saturated rings. The van der Waals surface area contributed by atoms with Gasteiger partial charge in [0.1, 0.15) is 5.82 Å². The smallest absolute Gasteiger partial charge is 0.129 e. The molecule has 0 N–H and O–H groups in total. The molecule has 5 heteroatoms. The van der Waals surface area contributed by atoms with Gasteiger partial charge in [-0.25, -0.2) is 9.97 Å². The Labute approximate surface area is 108 Å². The number of piperazine rings is 1. The normalized spacial score (nSPS) is 22.9. The van der Waals surface area contributed by atoms with Gasteiger partial charge < -0.3 is 9.80 Å². The maximum Gasteiger partial charge on any atom is 0.129 e. The van der Waals surface area contributed by atoms with Gasteiger partial charge in [0.15, 0.2) is 0 Å². The van der Waals surface area contributed by atoms with Gasteiger partial charge in [0, 0.05) is 50.1 Å². The SMILES string of the molecule is CN1CCN(C)C(Cc2ncc(CCl)cn2)C1. The van der Waals surface area contributed by atoms with Crippen LogP contribution in [-0.4, -0.2) is 59.5 Å². The minimum atomic E-state index is 0.479. The predicted octanol–water partition coefficient (Wildman–Crippen LogP) is 1.00. The molecule has 0 spiro atoms. The lowest BCUT2D eigenvalue weighted by Crippen LogP contribution is -2.50. The molecule has 1 atom stereocenters. The summed E-state index contributed by atoms with van der Waals surface area (Å²) in [4.78, 5) is 13.5. The molecule has 1 aromatic heterocycles. The van der Waals surface area contributed by atoms with Crippen molar-refractivity contribution >= 4 is 11.6 Å². The van der Waals surface area contributed by atoms with Crippen LogP contribution >= 0.6 is 11.6 Å². The lowest BCUT2D eigenvalue weighted by atomic mass is 10.1. The predicted molar refractivity (Wildman–Crippen MR) is 69.2 cm³/mol. The summed E-state index contributed by atoms with van der Waals surface area (Å²) in [6.45, 7) is 3.33. The maximum atomic E-state index is 5.72. The Kier molecular flexibility index (Phi) is 4.31. The minimum Gasteiger partial charge on any atom is -0.304 e. The fourth-order valence-corrected chi connectivity index (χ4v) is 2.23. The van der Waals surface area contributed by atoms with E-state index in [9.17, 15) is 0 Å². The van der Waals surface area contributed by atoms with Crippen molar-refractivity contribution in [1.29, 1.82) is 0 Å². The Morgan fingerprint density at radius 1 is 1.29 bits per heavy atom. The van der Waals surface area contributed by atoms with Gasteiger partial charge in [-0.05, 0) is 14.1 Å². The molecule has 1 aromatic rings. The van der Waals surface area contributed by atoms with Crippen molar-refractivity contribution < 1.29 is 0 Å². The third-order valence-corrected chi connectivity index (χ3v) is 3.62. The molecule has 1 saturated heterocycles. The molecular formula is C12H19ClN4. The zero-order valence-electron chi connectivity index (χ0n) is 10.4. The second kappa shape index (κ2) is 5.76. The third kappa shape index (κ3) is 3.37. The molecule has 0 bridgehead atoms. The average molecular weight is 255 g/mol. The number of hydrogen-bond acceptors (Lipinski definition) is 4. The highest BCUT2D eigenvalue weighted by atomic mass is 35.5. The molecule has 2 rings (SSSR count). The molecule has 2 heterocycles. The van der Waals surface area contributed by atoms with E-state index in [1.807, 2.05) is 12.4 Å². The summed E-state index contributed by atoms with van der Waals surface area (Å²) >= 11 is 5.72. The Morgan fingerprint density at radius 3 is 2.65 bits per heavy atom. The molecule has 0 aromatic carbocycles. The highest BCUT2D eigenvalue weighted by Crippen LogP contribution is 2.10. The monoisotopic (exact) mass is 254 g/mol. The summed E-state index contributed by atoms with van der Waals surface area (Å²) in [5.41, 5.74) is 0.976. The molecule has 0 saturated carbocycles. The molecule has 17 heavy (non-hydrogen) atoms. The first-order valence-electron chi connectivity index (χ1n) is 5.93. The van der Waals surface area contributed by atoms with Gasteiger partial charge in [0.2, 0.25) is 0 Å². The summed E-state index contributed by atoms with van der Waals surface area (Å²) in [5.74, 6) is 1.39. The van der Waals surface area contributed by atoms with Crippen LogP contribution in [0.1, 0.15) is 11.4 Å². The number of nitrogens with zero attached hydrogens (tertiary/aromatic N) is 4. The number of alkyl halides is 1. The number of hydrogen-bond donors (Lipinski definition) is 0. The lowest BCUT2D eigenvalue weighted by Gasteiger charge is -2.37. The quantitative estimate of drug-likeness (QED) is 0.754. The van der Waals surface area contributed by atoms with Crippen molar-refractivity contribution in [2.24, 2.45) is 0 Å². The Bertz CT molecular complexity index is 354. The van der Waals surface area contributed by atoms with Gasteiger partial charge in [-0.1, -0.05) is 0 Å². The van der Waals surface area contributed by atoms with Crippen molar-refractivity contribution in [3.05, 3.63) is 23.8 Å². The van der Waals surface area contributed by atoms with Gasteiger partial charge >= 0.3 is 0 Å². The average Bonchev–Trinajstić information content (AvgIpc) is 2.35. The first kappa shape index (κ1) is 12.7. The molecule has 0 amide bonds. The molecule has 94 valence electrons. The summed E-state index contributed by atoms with van der Waals surface area (Å²) in [6, 6.07) is 0.510. The van der Waals surface area contributed by atoms with Gasteiger partial charge in [-0.15, -0.1) is 11.6 Å². The Balaban J connectivity index is 1.98. The van der Waals surface area contributed by atoms with E-state index in [1.54, 1.807) is 0 Å². The van der Waals surface area contributed by atoms with E-state index in [2.05, 4.69) is 33.9 Å². The summed E-state index contributed by atoms with van der Waals surface area (Å²) in [7, 11) is 4.34. The van der Waals surface area contributed by atoms with Crippen LogP contribution in [0.3, 0.4) is 0 Å². The van der Waals surface area contributed by atoms with Crippen molar-refractivity contribution in [3.63, 3.8) is 0 Å². The number of aromatic nitrogens is 2. The minimum absolute atomic E-state index is 0.479. The van der Waals surface area contributed by atoms with Crippen LogP contribution in [0.15, 0.2) is 12.4 Å². The largest absolute Gasteiger partial charge is 0.304 e. The van der Waals surface area contributed by atoms with Crippen LogP contribution in [0.25, 0.3) is 0 Å². The third-order valence-electron chi connectivity index (χ3n) is 3.31. The van der Waals surface area contributed by atoms with Gasteiger partial charge in [-0.3, -0.25) is 0 Å². The standard InChI is InChI=1S/C12H19ClN4/c1-16-3-4-17(2)11(9-16)5-12-14-7-10(6-13)8-15-12/h7-8,11H,3-6,9H2,1-2H3. The van der Waals surface area contributed by atoms with Crippen molar-refractivity contribution in [2.75, 3.05) is 33.7 Å². The van der Waals surface area contributed by atoms with E-state index >= 15 is 0 Å². The van der Waals surface area contributed by atoms with Crippen LogP contribution in [-0.2, 0) is 12.3 Å². The number of rotatable bonds is 3. The maximum absolute atomic E-state index is 5.72. The summed E-state index contributed by atoms with van der Waals surface area (Å²) in [5, 5.41) is 0. The lowest BCUT2D eigenvalue weighted by molar-refractivity contribution is 0.113. The van der Waals surface area contributed by atoms with Gasteiger partial charge in [0.25, 0.3) is 0 Å². The van der Waals surface area contributed by atoms with Crippen LogP contribution in [0, 0.1) is 0 Å². The molecular weight excluding hydrogens is 236 g/mol. The second-order valence-electron chi connectivity index (χ2n) is 4.74. The van der Waals surface area contributed by atoms with E-state index in [0.29, 0.717) is 11.9 Å². The zero-order valence-corrected chi connectivity index (χ0v) is 11.2. The van der Waals surface area contributed by atoms with Crippen LogP contribution in [0.5, 0.6) is 0 Å². The zero-order chi connectivity index (χ0) is 12.3. The molecule has 0 aliphatic carbocycles. The van der Waals surface area contributed by atoms with E-state index in [-0.39, 0.29) is 0 Å². The summed E-state index contributed by atoms with van der Waals surface area (Å²) in [6.07, 6.45) is 4.55. The fourth-order valence-electron chi connectivity index (χ4n) is 2.09. The van der Waals surface area contributed by atoms with Gasteiger partial charge in [-0.2, -0.15) is 0 Å². The first-order chi connectivity index (χ1) is 8.19. The number of halogens is 1. The highest BCUT2D eigenvalue weighted by Gasteiger charge is 2.22. The Morgan fingerprint density at radius 2 is 2.00 bits per heavy atom. The first-order valence-corrected chi connectivity index (χ1v) is 6.47. The second-order valence-corrected chi connectivity index (χ2v) is 5.01. The van der Waals surface area contributed by atoms with Crippen molar-refractivity contribution in [3.8, 4) is 0 Å². The van der Waals surface area contributed by atoms with Crippen LogP contribution in [0.4, 0.5) is 0 Å². The van der Waals surface area contributed by atoms with E-state index in [1.165, 1.54) is 0 Å². The van der Waals surface area contributed by atoms with Crippen LogP contribution < -0.4 is 0 Å². The fraction of sp³-hybridized carbons (Fsp3) is 0.667. The molecule has 1 unspecified atom stereocenters. The van der Waals surface area contributed by atoms with Crippen molar-refractivity contribution in [2.45, 2.75) is 18.3 Å². The van der Waals surface area contributed by atoms with Crippen molar-refractivity contribution in [1.82, 2.24) is 19.8 Å². The number of likely N-dealkylation sites (N-methyl/N-ethyl adjacent to an activating group) is 2. The molecule has 1 aliphatic rings. The van der Waals surface area contributed by atoms with E-state index in [4.69, 9.17) is 11.6 Å². The summed E-state index contributed by atoms with van der Waals surface area (Å²) < 4.78 is 0. The highest BCUT2D eigenvalue weighted by molar-refractivity contribution is 6.17. The topological polar surface area (TPSA) is 32.3 Å². The van der Waals surface area contributed by atoms with Crippen LogP contribution in [0.2, 0.25) is 0 Å². The molecule has 1 aliphatic heterocycles. The van der Waals surface area contributed by atoms with E-state index in [0.717, 1.165) is 37.4 Å². The van der Waals surface area contributed by atoms with E-state index < -0.39 is 0 Å².